The third kappa shape index (κ3) is 3.10. The number of nitrogens with zero attached hydrogens (tertiary/aromatic N) is 2. The minimum Gasteiger partial charge on any atom is -0.377 e. The lowest BCUT2D eigenvalue weighted by atomic mass is 9.92. The first-order chi connectivity index (χ1) is 11.2. The first-order valence-corrected chi connectivity index (χ1v) is 9.50. The van der Waals surface area contributed by atoms with Crippen LogP contribution in [0.3, 0.4) is 0 Å². The molecule has 4 rings (SSSR count). The monoisotopic (exact) mass is 331 g/mol. The number of nitrogens with one attached hydrogen (secondary N) is 1. The van der Waals surface area contributed by atoms with Gasteiger partial charge in [0.25, 0.3) is 0 Å². The fourth-order valence-corrected chi connectivity index (χ4v) is 4.64. The number of benzene rings is 1. The van der Waals surface area contributed by atoms with Crippen molar-refractivity contribution in [2.24, 2.45) is 5.92 Å². The van der Waals surface area contributed by atoms with Gasteiger partial charge in [-0.05, 0) is 49.9 Å². The number of thiazole rings is 1. The van der Waals surface area contributed by atoms with Gasteiger partial charge < -0.3 is 15.0 Å². The van der Waals surface area contributed by atoms with Crippen LogP contribution in [0.2, 0.25) is 0 Å². The molecule has 23 heavy (non-hydrogen) atoms. The molecule has 2 aromatic rings. The minimum absolute atomic E-state index is 0.408. The van der Waals surface area contributed by atoms with Crippen LogP contribution in [0.1, 0.15) is 38.3 Å². The van der Waals surface area contributed by atoms with E-state index >= 15 is 0 Å². The maximum absolute atomic E-state index is 5.54. The summed E-state index contributed by atoms with van der Waals surface area (Å²) in [6.45, 7) is 8.19. The molecule has 5 heteroatoms. The third-order valence-corrected chi connectivity index (χ3v) is 6.15. The second kappa shape index (κ2) is 6.38. The maximum Gasteiger partial charge on any atom is 0.186 e. The van der Waals surface area contributed by atoms with Gasteiger partial charge in [0.2, 0.25) is 0 Å². The van der Waals surface area contributed by atoms with E-state index in [-0.39, 0.29) is 0 Å². The predicted octanol–water partition coefficient (Wildman–Crippen LogP) is 3.58. The summed E-state index contributed by atoms with van der Waals surface area (Å²) in [4.78, 5) is 7.30. The van der Waals surface area contributed by atoms with Gasteiger partial charge in [0.05, 0.1) is 29.5 Å². The van der Waals surface area contributed by atoms with E-state index in [1.807, 2.05) is 0 Å². The van der Waals surface area contributed by atoms with Crippen molar-refractivity contribution in [3.8, 4) is 0 Å². The molecule has 0 amide bonds. The van der Waals surface area contributed by atoms with E-state index in [2.05, 4.69) is 42.3 Å². The molecule has 0 bridgehead atoms. The summed E-state index contributed by atoms with van der Waals surface area (Å²) in [7, 11) is 0. The number of aromatic nitrogens is 1. The summed E-state index contributed by atoms with van der Waals surface area (Å²) in [6.07, 6.45) is 2.54. The Hall–Kier alpha value is -1.17. The summed E-state index contributed by atoms with van der Waals surface area (Å²) in [5.74, 6) is 0.795. The zero-order chi connectivity index (χ0) is 15.8. The number of ether oxygens (including phenoxy) is 1. The summed E-state index contributed by atoms with van der Waals surface area (Å²) in [6, 6.07) is 7.71. The number of anilines is 1. The Bertz CT molecular complexity index is 678. The Morgan fingerprint density at radius 3 is 3.00 bits per heavy atom. The third-order valence-electron chi connectivity index (χ3n) is 5.08. The lowest BCUT2D eigenvalue weighted by Gasteiger charge is -2.32. The first-order valence-electron chi connectivity index (χ1n) is 8.69. The zero-order valence-corrected chi connectivity index (χ0v) is 14.7. The largest absolute Gasteiger partial charge is 0.377 e. The van der Waals surface area contributed by atoms with Crippen molar-refractivity contribution < 1.29 is 4.74 Å². The van der Waals surface area contributed by atoms with Gasteiger partial charge in [-0.2, -0.15) is 0 Å². The Morgan fingerprint density at radius 2 is 2.22 bits per heavy atom. The van der Waals surface area contributed by atoms with Crippen LogP contribution in [0, 0.1) is 5.92 Å². The molecular weight excluding hydrogens is 306 g/mol. The van der Waals surface area contributed by atoms with Gasteiger partial charge in [-0.25, -0.2) is 4.98 Å². The number of rotatable bonds is 2. The molecule has 2 fully saturated rings. The van der Waals surface area contributed by atoms with Crippen molar-refractivity contribution in [3.05, 3.63) is 23.8 Å². The molecule has 4 nitrogen and oxygen atoms in total. The minimum atomic E-state index is 0.408. The molecule has 2 aliphatic heterocycles. The van der Waals surface area contributed by atoms with Crippen LogP contribution < -0.4 is 10.2 Å². The van der Waals surface area contributed by atoms with Crippen LogP contribution in [-0.2, 0) is 4.74 Å². The molecule has 0 aliphatic carbocycles. The highest BCUT2D eigenvalue weighted by Gasteiger charge is 2.23. The number of piperidine rings is 1. The van der Waals surface area contributed by atoms with Crippen LogP contribution in [0.15, 0.2) is 18.2 Å². The van der Waals surface area contributed by atoms with E-state index in [1.54, 1.807) is 11.3 Å². The molecule has 1 aromatic heterocycles. The summed E-state index contributed by atoms with van der Waals surface area (Å²) in [5, 5.41) is 4.81. The van der Waals surface area contributed by atoms with Crippen molar-refractivity contribution in [1.82, 2.24) is 10.3 Å². The van der Waals surface area contributed by atoms with Crippen LogP contribution in [0.5, 0.6) is 0 Å². The number of morpholine rings is 1. The molecule has 3 heterocycles. The molecule has 0 saturated carbocycles. The second-order valence-corrected chi connectivity index (χ2v) is 7.99. The van der Waals surface area contributed by atoms with E-state index < -0.39 is 0 Å². The number of hydrogen-bond donors (Lipinski definition) is 1. The van der Waals surface area contributed by atoms with Gasteiger partial charge in [-0.1, -0.05) is 24.3 Å². The van der Waals surface area contributed by atoms with Crippen LogP contribution >= 0.6 is 11.3 Å². The van der Waals surface area contributed by atoms with Crippen molar-refractivity contribution >= 4 is 26.7 Å². The quantitative estimate of drug-likeness (QED) is 0.913. The predicted molar refractivity (Wildman–Crippen MR) is 96.4 cm³/mol. The summed E-state index contributed by atoms with van der Waals surface area (Å²) >= 11 is 1.80. The second-order valence-electron chi connectivity index (χ2n) is 6.98. The van der Waals surface area contributed by atoms with Gasteiger partial charge in [0, 0.05) is 12.6 Å². The van der Waals surface area contributed by atoms with E-state index in [1.165, 1.54) is 23.1 Å². The molecule has 1 aromatic carbocycles. The summed E-state index contributed by atoms with van der Waals surface area (Å²) < 4.78 is 6.83. The van der Waals surface area contributed by atoms with E-state index in [0.29, 0.717) is 12.1 Å². The smallest absolute Gasteiger partial charge is 0.186 e. The van der Waals surface area contributed by atoms with Crippen molar-refractivity contribution in [2.75, 3.05) is 31.2 Å². The highest BCUT2D eigenvalue weighted by Crippen LogP contribution is 2.33. The molecule has 2 aliphatic rings. The average Bonchev–Trinajstić information content (AvgIpc) is 2.99. The lowest BCUT2D eigenvalue weighted by Crippen LogP contribution is -2.43. The topological polar surface area (TPSA) is 37.4 Å². The molecule has 2 saturated heterocycles. The van der Waals surface area contributed by atoms with Crippen LogP contribution in [0.25, 0.3) is 10.2 Å². The first kappa shape index (κ1) is 15.4. The molecule has 2 unspecified atom stereocenters. The number of hydrogen-bond acceptors (Lipinski definition) is 5. The highest BCUT2D eigenvalue weighted by molar-refractivity contribution is 7.22. The fourth-order valence-electron chi connectivity index (χ4n) is 3.57. The Morgan fingerprint density at radius 1 is 1.30 bits per heavy atom. The van der Waals surface area contributed by atoms with Crippen molar-refractivity contribution in [2.45, 2.75) is 38.8 Å². The molecular formula is C18H25N3OS. The fraction of sp³-hybridized carbons (Fsp3) is 0.611. The van der Waals surface area contributed by atoms with E-state index in [9.17, 15) is 0 Å². The SMILES string of the molecule is CC1CCC(c2ccc3sc(N4CCOC[C@@H]4C)nc3c2)NC1. The standard InChI is InChI=1S/C18H25N3OS/c1-12-3-5-15(19-10-12)14-4-6-17-16(9-14)20-18(23-17)21-7-8-22-11-13(21)2/h4,6,9,12-13,15,19H,3,5,7-8,10-11H2,1-2H3/t12?,13-,15?/m0/s1. The highest BCUT2D eigenvalue weighted by atomic mass is 32.1. The molecule has 124 valence electrons. The molecule has 1 N–H and O–H groups in total. The van der Waals surface area contributed by atoms with Crippen molar-refractivity contribution in [1.29, 1.82) is 0 Å². The normalized spacial score (nSPS) is 29.1. The van der Waals surface area contributed by atoms with E-state index in [0.717, 1.165) is 42.9 Å². The molecule has 0 spiro atoms. The van der Waals surface area contributed by atoms with Crippen LogP contribution in [-0.4, -0.2) is 37.3 Å². The Balaban J connectivity index is 1.59. The Labute approximate surface area is 141 Å². The molecule has 0 radical (unpaired) electrons. The lowest BCUT2D eigenvalue weighted by molar-refractivity contribution is 0.0989. The van der Waals surface area contributed by atoms with Crippen LogP contribution in [0.4, 0.5) is 5.13 Å². The summed E-state index contributed by atoms with van der Waals surface area (Å²) in [5.41, 5.74) is 2.53. The zero-order valence-electron chi connectivity index (χ0n) is 13.9. The molecule has 3 atom stereocenters. The van der Waals surface area contributed by atoms with Gasteiger partial charge >= 0.3 is 0 Å². The van der Waals surface area contributed by atoms with E-state index in [4.69, 9.17) is 9.72 Å². The average molecular weight is 331 g/mol. The van der Waals surface area contributed by atoms with Gasteiger partial charge in [-0.3, -0.25) is 0 Å². The maximum atomic E-state index is 5.54. The number of fused-ring (bicyclic) bond motifs is 1. The Kier molecular flexibility index (Phi) is 4.26. The van der Waals surface area contributed by atoms with Gasteiger partial charge in [0.15, 0.2) is 5.13 Å². The van der Waals surface area contributed by atoms with Gasteiger partial charge in [-0.15, -0.1) is 0 Å². The van der Waals surface area contributed by atoms with Crippen molar-refractivity contribution in [3.63, 3.8) is 0 Å². The van der Waals surface area contributed by atoms with Gasteiger partial charge in [0.1, 0.15) is 0 Å².